The Hall–Kier alpha value is -1.35. The number of fused-ring (bicyclic) bond motifs is 1. The number of hydrogen-bond acceptors (Lipinski definition) is 1. The normalized spacial score (nSPS) is 11.1. The molecule has 2 rings (SSSR count). The van der Waals surface area contributed by atoms with E-state index in [-0.39, 0.29) is 0 Å². The van der Waals surface area contributed by atoms with Crippen molar-refractivity contribution in [2.45, 2.75) is 13.0 Å². The number of nitrogens with one attached hydrogen (secondary N) is 1. The minimum absolute atomic E-state index is 1.07. The number of aromatic nitrogens is 2. The SMILES string of the molecule is CNCCCn1ccc2c1ccc[n+]2C. The molecular weight excluding hydrogens is 186 g/mol. The summed E-state index contributed by atoms with van der Waals surface area (Å²) < 4.78 is 4.47. The van der Waals surface area contributed by atoms with Gasteiger partial charge in [0.1, 0.15) is 12.6 Å². The van der Waals surface area contributed by atoms with Gasteiger partial charge in [0.25, 0.3) is 0 Å². The van der Waals surface area contributed by atoms with Gasteiger partial charge >= 0.3 is 0 Å². The molecule has 0 bridgehead atoms. The second-order valence-electron chi connectivity index (χ2n) is 3.86. The van der Waals surface area contributed by atoms with E-state index in [0.29, 0.717) is 0 Å². The van der Waals surface area contributed by atoms with Crippen LogP contribution in [0.15, 0.2) is 30.6 Å². The second kappa shape index (κ2) is 4.45. The van der Waals surface area contributed by atoms with Gasteiger partial charge in [0, 0.05) is 24.9 Å². The van der Waals surface area contributed by atoms with E-state index >= 15 is 0 Å². The van der Waals surface area contributed by atoms with Crippen molar-refractivity contribution in [1.29, 1.82) is 0 Å². The molecule has 15 heavy (non-hydrogen) atoms. The molecule has 80 valence electrons. The van der Waals surface area contributed by atoms with E-state index in [1.807, 2.05) is 7.05 Å². The predicted molar refractivity (Wildman–Crippen MR) is 61.7 cm³/mol. The standard InChI is InChI=1S/C12H18N3/c1-13-7-4-9-15-10-6-11-12(15)5-3-8-14(11)2/h3,5-6,8,10,13H,4,7,9H2,1-2H3/q+1. The molecule has 0 aromatic carbocycles. The molecule has 3 heteroatoms. The molecule has 0 aliphatic rings. The van der Waals surface area contributed by atoms with E-state index < -0.39 is 0 Å². The van der Waals surface area contributed by atoms with Crippen molar-refractivity contribution in [3.8, 4) is 0 Å². The van der Waals surface area contributed by atoms with Crippen LogP contribution in [0.3, 0.4) is 0 Å². The Kier molecular flexibility index (Phi) is 3.02. The highest BCUT2D eigenvalue weighted by atomic mass is 15.0. The first kappa shape index (κ1) is 10.2. The second-order valence-corrected chi connectivity index (χ2v) is 3.86. The summed E-state index contributed by atoms with van der Waals surface area (Å²) in [6.45, 7) is 2.15. The van der Waals surface area contributed by atoms with E-state index in [1.165, 1.54) is 17.5 Å². The number of aryl methyl sites for hydroxylation is 2. The van der Waals surface area contributed by atoms with E-state index in [2.05, 4.69) is 52.1 Å². The van der Waals surface area contributed by atoms with Crippen LogP contribution in [0.2, 0.25) is 0 Å². The quantitative estimate of drug-likeness (QED) is 0.584. The van der Waals surface area contributed by atoms with Crippen molar-refractivity contribution < 1.29 is 4.57 Å². The number of hydrogen-bond donors (Lipinski definition) is 1. The first-order valence-corrected chi connectivity index (χ1v) is 5.41. The van der Waals surface area contributed by atoms with E-state index in [9.17, 15) is 0 Å². The van der Waals surface area contributed by atoms with Gasteiger partial charge in [-0.2, -0.15) is 4.57 Å². The monoisotopic (exact) mass is 204 g/mol. The van der Waals surface area contributed by atoms with Gasteiger partial charge in [-0.3, -0.25) is 0 Å². The Labute approximate surface area is 90.3 Å². The van der Waals surface area contributed by atoms with Crippen molar-refractivity contribution in [3.05, 3.63) is 30.6 Å². The molecule has 0 spiro atoms. The summed E-state index contributed by atoms with van der Waals surface area (Å²) in [6.07, 6.45) is 5.42. The van der Waals surface area contributed by atoms with Crippen molar-refractivity contribution >= 4 is 11.0 Å². The fourth-order valence-corrected chi connectivity index (χ4v) is 1.92. The average molecular weight is 204 g/mol. The predicted octanol–water partition coefficient (Wildman–Crippen LogP) is 1.08. The zero-order valence-corrected chi connectivity index (χ0v) is 9.40. The first-order valence-electron chi connectivity index (χ1n) is 5.41. The lowest BCUT2D eigenvalue weighted by Crippen LogP contribution is -2.27. The van der Waals surface area contributed by atoms with Gasteiger partial charge in [-0.25, -0.2) is 0 Å². The third-order valence-corrected chi connectivity index (χ3v) is 2.75. The van der Waals surface area contributed by atoms with Crippen LogP contribution in [0.5, 0.6) is 0 Å². The van der Waals surface area contributed by atoms with Gasteiger partial charge in [-0.05, 0) is 26.1 Å². The molecule has 0 fully saturated rings. The van der Waals surface area contributed by atoms with Crippen LogP contribution < -0.4 is 9.88 Å². The van der Waals surface area contributed by atoms with Crippen molar-refractivity contribution in [2.75, 3.05) is 13.6 Å². The molecule has 0 aliphatic carbocycles. The molecule has 2 aromatic heterocycles. The Morgan fingerprint density at radius 1 is 1.40 bits per heavy atom. The van der Waals surface area contributed by atoms with Crippen LogP contribution >= 0.6 is 0 Å². The van der Waals surface area contributed by atoms with Crippen LogP contribution in [-0.2, 0) is 13.6 Å². The summed E-state index contributed by atoms with van der Waals surface area (Å²) in [5.41, 5.74) is 2.61. The highest BCUT2D eigenvalue weighted by Gasteiger charge is 2.07. The Balaban J connectivity index is 2.25. The van der Waals surface area contributed by atoms with E-state index in [1.54, 1.807) is 0 Å². The summed E-state index contributed by atoms with van der Waals surface area (Å²) in [5.74, 6) is 0. The third-order valence-electron chi connectivity index (χ3n) is 2.75. The lowest BCUT2D eigenvalue weighted by Gasteiger charge is -2.03. The van der Waals surface area contributed by atoms with E-state index in [0.717, 1.165) is 13.1 Å². The molecule has 0 saturated carbocycles. The minimum Gasteiger partial charge on any atom is -0.342 e. The maximum absolute atomic E-state index is 3.17. The molecule has 0 saturated heterocycles. The Morgan fingerprint density at radius 3 is 3.07 bits per heavy atom. The smallest absolute Gasteiger partial charge is 0.230 e. The minimum atomic E-state index is 1.07. The molecule has 3 nitrogen and oxygen atoms in total. The van der Waals surface area contributed by atoms with Crippen LogP contribution in [0.4, 0.5) is 0 Å². The van der Waals surface area contributed by atoms with E-state index in [4.69, 9.17) is 0 Å². The summed E-state index contributed by atoms with van der Waals surface area (Å²) in [5, 5.41) is 3.17. The Bertz CT molecular complexity index is 445. The molecule has 0 radical (unpaired) electrons. The largest absolute Gasteiger partial charge is 0.342 e. The van der Waals surface area contributed by atoms with Crippen molar-refractivity contribution in [1.82, 2.24) is 9.88 Å². The summed E-state index contributed by atoms with van der Waals surface area (Å²) in [4.78, 5) is 0. The van der Waals surface area contributed by atoms with Gasteiger partial charge in [0.2, 0.25) is 5.52 Å². The lowest BCUT2D eigenvalue weighted by atomic mass is 10.3. The van der Waals surface area contributed by atoms with Gasteiger partial charge in [-0.1, -0.05) is 0 Å². The molecule has 0 unspecified atom stereocenters. The molecule has 1 N–H and O–H groups in total. The average Bonchev–Trinajstić information content (AvgIpc) is 2.64. The fourth-order valence-electron chi connectivity index (χ4n) is 1.92. The molecule has 2 heterocycles. The van der Waals surface area contributed by atoms with Crippen LogP contribution in [0.1, 0.15) is 6.42 Å². The fraction of sp³-hybridized carbons (Fsp3) is 0.417. The summed E-state index contributed by atoms with van der Waals surface area (Å²) in [7, 11) is 4.08. The zero-order chi connectivity index (χ0) is 10.7. The first-order chi connectivity index (χ1) is 7.33. The number of pyridine rings is 1. The maximum Gasteiger partial charge on any atom is 0.230 e. The third kappa shape index (κ3) is 2.02. The molecular formula is C12H18N3+. The van der Waals surface area contributed by atoms with Crippen LogP contribution in [0, 0.1) is 0 Å². The number of nitrogens with zero attached hydrogens (tertiary/aromatic N) is 2. The van der Waals surface area contributed by atoms with Gasteiger partial charge in [0.15, 0.2) is 6.20 Å². The van der Waals surface area contributed by atoms with Gasteiger partial charge < -0.3 is 9.88 Å². The molecule has 0 amide bonds. The molecule has 2 aromatic rings. The van der Waals surface area contributed by atoms with Crippen molar-refractivity contribution in [2.24, 2.45) is 7.05 Å². The van der Waals surface area contributed by atoms with Gasteiger partial charge in [0.05, 0.1) is 0 Å². The summed E-state index contributed by atoms with van der Waals surface area (Å²) in [6, 6.07) is 6.44. The molecule has 0 aliphatic heterocycles. The van der Waals surface area contributed by atoms with Crippen LogP contribution in [0.25, 0.3) is 11.0 Å². The van der Waals surface area contributed by atoms with Crippen molar-refractivity contribution in [3.63, 3.8) is 0 Å². The maximum atomic E-state index is 3.17. The highest BCUT2D eigenvalue weighted by Crippen LogP contribution is 2.11. The van der Waals surface area contributed by atoms with Crippen LogP contribution in [-0.4, -0.2) is 18.2 Å². The summed E-state index contributed by atoms with van der Waals surface area (Å²) >= 11 is 0. The molecule has 0 atom stereocenters. The number of rotatable bonds is 4. The van der Waals surface area contributed by atoms with Gasteiger partial charge in [-0.15, -0.1) is 0 Å². The zero-order valence-electron chi connectivity index (χ0n) is 9.40. The lowest BCUT2D eigenvalue weighted by molar-refractivity contribution is -0.644. The Morgan fingerprint density at radius 2 is 2.27 bits per heavy atom. The highest BCUT2D eigenvalue weighted by molar-refractivity contribution is 5.72. The topological polar surface area (TPSA) is 20.8 Å².